The van der Waals surface area contributed by atoms with Crippen molar-refractivity contribution in [3.05, 3.63) is 35.9 Å². The summed E-state index contributed by atoms with van der Waals surface area (Å²) in [5, 5.41) is 3.25. The van der Waals surface area contributed by atoms with Gasteiger partial charge in [0.25, 0.3) is 0 Å². The summed E-state index contributed by atoms with van der Waals surface area (Å²) in [7, 11) is 1.94. The predicted molar refractivity (Wildman–Crippen MR) is 94.5 cm³/mol. The number of likely N-dealkylation sites (N-methyl/N-ethyl adjacent to an activating group) is 1. The van der Waals surface area contributed by atoms with Crippen molar-refractivity contribution >= 4 is 18.3 Å². The number of hydrogen-bond donors (Lipinski definition) is 1. The fourth-order valence-corrected chi connectivity index (χ4v) is 3.79. The molecule has 3 nitrogen and oxygen atoms in total. The lowest BCUT2D eigenvalue weighted by atomic mass is 10.0. The van der Waals surface area contributed by atoms with Crippen LogP contribution in [0.1, 0.15) is 44.8 Å². The molecule has 0 aromatic heterocycles. The second-order valence-electron chi connectivity index (χ2n) is 5.33. The van der Waals surface area contributed by atoms with E-state index in [1.165, 1.54) is 12.8 Å². The number of unbranched alkanes of at least 4 members (excludes halogenated alkanes) is 2. The van der Waals surface area contributed by atoms with E-state index in [9.17, 15) is 0 Å². The van der Waals surface area contributed by atoms with Crippen LogP contribution in [0.25, 0.3) is 0 Å². The summed E-state index contributed by atoms with van der Waals surface area (Å²) in [5.74, 6) is 0. The van der Waals surface area contributed by atoms with Crippen LogP contribution in [0.15, 0.2) is 30.3 Å². The third-order valence-electron chi connectivity index (χ3n) is 3.42. The normalized spacial score (nSPS) is 17.1. The molecule has 5 heteroatoms. The van der Waals surface area contributed by atoms with Gasteiger partial charge >= 0.3 is 0 Å². The van der Waals surface area contributed by atoms with E-state index in [4.69, 9.17) is 20.9 Å². The van der Waals surface area contributed by atoms with Gasteiger partial charge in [0.1, 0.15) is 6.10 Å². The first-order valence-electron chi connectivity index (χ1n) is 7.63. The molecule has 0 heterocycles. The molecular weight excluding hydrogens is 301 g/mol. The van der Waals surface area contributed by atoms with Crippen LogP contribution in [-0.2, 0) is 20.9 Å². The average molecular weight is 329 g/mol. The largest absolute Gasteiger partial charge is 0.329 e. The van der Waals surface area contributed by atoms with Gasteiger partial charge in [-0.25, -0.2) is 0 Å². The van der Waals surface area contributed by atoms with Gasteiger partial charge in [-0.15, -0.1) is 0 Å². The van der Waals surface area contributed by atoms with E-state index < -0.39 is 6.49 Å². The zero-order valence-electron chi connectivity index (χ0n) is 13.5. The molecule has 1 rings (SSSR count). The van der Waals surface area contributed by atoms with Crippen LogP contribution in [0.3, 0.4) is 0 Å². The van der Waals surface area contributed by atoms with E-state index in [1.807, 2.05) is 31.9 Å². The van der Waals surface area contributed by atoms with E-state index in [0.29, 0.717) is 6.61 Å². The van der Waals surface area contributed by atoms with E-state index in [1.54, 1.807) is 0 Å². The molecule has 0 aliphatic rings. The molecule has 21 heavy (non-hydrogen) atoms. The Morgan fingerprint density at radius 3 is 2.48 bits per heavy atom. The van der Waals surface area contributed by atoms with Crippen LogP contribution in [-0.4, -0.2) is 26.4 Å². The van der Waals surface area contributed by atoms with Crippen LogP contribution in [0.2, 0.25) is 0 Å². The molecule has 3 unspecified atom stereocenters. The third kappa shape index (κ3) is 7.03. The van der Waals surface area contributed by atoms with Gasteiger partial charge in [0.05, 0.1) is 6.61 Å². The van der Waals surface area contributed by atoms with Gasteiger partial charge < -0.3 is 14.4 Å². The lowest BCUT2D eigenvalue weighted by molar-refractivity contribution is 0.149. The molecule has 0 saturated heterocycles. The minimum absolute atomic E-state index is 0.0850. The highest BCUT2D eigenvalue weighted by atomic mass is 32.5. The van der Waals surface area contributed by atoms with Crippen molar-refractivity contribution < 1.29 is 9.05 Å². The summed E-state index contributed by atoms with van der Waals surface area (Å²) >= 11 is 5.58. The van der Waals surface area contributed by atoms with Crippen molar-refractivity contribution in [2.45, 2.75) is 45.3 Å². The fraction of sp³-hybridized carbons (Fsp3) is 0.625. The highest BCUT2D eigenvalue weighted by molar-refractivity contribution is 8.09. The summed E-state index contributed by atoms with van der Waals surface area (Å²) in [4.78, 5) is 0. The fourth-order valence-electron chi connectivity index (χ4n) is 2.05. The zero-order chi connectivity index (χ0) is 15.7. The third-order valence-corrected chi connectivity index (χ3v) is 5.25. The van der Waals surface area contributed by atoms with Crippen LogP contribution >= 0.6 is 6.49 Å². The second-order valence-corrected chi connectivity index (χ2v) is 9.33. The van der Waals surface area contributed by atoms with Gasteiger partial charge in [-0.2, -0.15) is 0 Å². The minimum Gasteiger partial charge on any atom is -0.329 e. The molecule has 0 fully saturated rings. The van der Waals surface area contributed by atoms with Crippen molar-refractivity contribution in [2.75, 3.05) is 20.3 Å². The number of hydrogen-bond acceptors (Lipinski definition) is 4. The Morgan fingerprint density at radius 1 is 1.24 bits per heavy atom. The lowest BCUT2D eigenvalue weighted by Gasteiger charge is -2.29. The summed E-state index contributed by atoms with van der Waals surface area (Å²) < 4.78 is 12.1. The van der Waals surface area contributed by atoms with E-state index in [2.05, 4.69) is 31.3 Å². The van der Waals surface area contributed by atoms with Crippen molar-refractivity contribution in [1.82, 2.24) is 5.32 Å². The second kappa shape index (κ2) is 9.70. The first-order chi connectivity index (χ1) is 10.00. The molecule has 0 amide bonds. The van der Waals surface area contributed by atoms with E-state index >= 15 is 0 Å². The molecule has 0 aliphatic carbocycles. The minimum atomic E-state index is -2.23. The zero-order valence-corrected chi connectivity index (χ0v) is 15.3. The molecule has 1 aromatic rings. The Bertz CT molecular complexity index is 441. The smallest absolute Gasteiger partial charge is 0.186 e. The summed E-state index contributed by atoms with van der Waals surface area (Å²) in [6, 6.07) is 10.4. The molecule has 0 saturated carbocycles. The Labute approximate surface area is 134 Å². The van der Waals surface area contributed by atoms with Crippen LogP contribution in [0, 0.1) is 0 Å². The maximum absolute atomic E-state index is 6.20. The number of nitrogens with one attached hydrogen (secondary N) is 1. The van der Waals surface area contributed by atoms with Gasteiger partial charge in [0, 0.05) is 12.7 Å². The molecule has 3 atom stereocenters. The number of benzene rings is 1. The summed E-state index contributed by atoms with van der Waals surface area (Å²) in [5.41, 5.74) is 1.13. The Hall–Kier alpha value is -0.250. The Balaban J connectivity index is 2.70. The van der Waals surface area contributed by atoms with Crippen LogP contribution < -0.4 is 5.32 Å². The Kier molecular flexibility index (Phi) is 8.69. The van der Waals surface area contributed by atoms with Crippen molar-refractivity contribution in [2.24, 2.45) is 0 Å². The monoisotopic (exact) mass is 329 g/mol. The highest BCUT2D eigenvalue weighted by Gasteiger charge is 2.25. The van der Waals surface area contributed by atoms with E-state index in [0.717, 1.165) is 12.0 Å². The average Bonchev–Trinajstić information content (AvgIpc) is 2.49. The molecule has 0 aliphatic heterocycles. The Morgan fingerprint density at radius 2 is 1.90 bits per heavy atom. The molecule has 0 spiro atoms. The van der Waals surface area contributed by atoms with Gasteiger partial charge in [-0.05, 0) is 37.8 Å². The molecule has 120 valence electrons. The molecule has 0 radical (unpaired) electrons. The summed E-state index contributed by atoms with van der Waals surface area (Å²) in [6.07, 6.45) is 3.31. The summed E-state index contributed by atoms with van der Waals surface area (Å²) in [6.45, 7) is 4.67. The molecule has 1 aromatic carbocycles. The number of rotatable bonds is 10. The topological polar surface area (TPSA) is 30.5 Å². The molecular formula is C16H28NO2PS. The van der Waals surface area contributed by atoms with Crippen molar-refractivity contribution in [3.63, 3.8) is 0 Å². The first kappa shape index (κ1) is 18.8. The van der Waals surface area contributed by atoms with Gasteiger partial charge in [-0.3, -0.25) is 0 Å². The maximum Gasteiger partial charge on any atom is 0.186 e. The molecule has 1 N–H and O–H groups in total. The lowest BCUT2D eigenvalue weighted by Crippen LogP contribution is -2.30. The van der Waals surface area contributed by atoms with Crippen LogP contribution in [0.5, 0.6) is 0 Å². The first-order valence-corrected chi connectivity index (χ1v) is 10.7. The van der Waals surface area contributed by atoms with Gasteiger partial charge in [0.15, 0.2) is 6.49 Å². The molecule has 0 bridgehead atoms. The SMILES string of the molecule is CCCCCOP(C)(=S)OC(c1ccccc1)C(C)NC. The van der Waals surface area contributed by atoms with Crippen molar-refractivity contribution in [3.8, 4) is 0 Å². The maximum atomic E-state index is 6.20. The predicted octanol–water partition coefficient (Wildman–Crippen LogP) is 4.50. The standard InChI is InChI=1S/C16H28NO2PS/c1-5-6-10-13-18-20(4,21)19-16(14(2)17-3)15-11-8-7-9-12-15/h7-9,11-12,14,16-17H,5-6,10,13H2,1-4H3. The van der Waals surface area contributed by atoms with E-state index in [-0.39, 0.29) is 12.1 Å². The van der Waals surface area contributed by atoms with Crippen LogP contribution in [0.4, 0.5) is 0 Å². The van der Waals surface area contributed by atoms with Crippen molar-refractivity contribution in [1.29, 1.82) is 0 Å². The highest BCUT2D eigenvalue weighted by Crippen LogP contribution is 2.49. The van der Waals surface area contributed by atoms with Gasteiger partial charge in [0.2, 0.25) is 0 Å². The quantitative estimate of drug-likeness (QED) is 0.506. The van der Waals surface area contributed by atoms with Gasteiger partial charge in [-0.1, -0.05) is 50.1 Å².